The fourth-order valence-corrected chi connectivity index (χ4v) is 2.65. The molecule has 1 atom stereocenters. The van der Waals surface area contributed by atoms with Crippen molar-refractivity contribution in [3.05, 3.63) is 34.3 Å². The Morgan fingerprint density at radius 1 is 1.32 bits per heavy atom. The standard InChI is InChI=1S/C15H21BrN2O/c1-12(13-4-6-14(16)7-5-13)17-9-8-15(19)18-10-2-3-11-18/h4-7,12,17H,2-3,8-11H2,1H3. The molecule has 1 unspecified atom stereocenters. The summed E-state index contributed by atoms with van der Waals surface area (Å²) in [5.74, 6) is 0.285. The number of carbonyl (C=O) groups is 1. The highest BCUT2D eigenvalue weighted by atomic mass is 79.9. The van der Waals surface area contributed by atoms with E-state index in [1.54, 1.807) is 0 Å². The van der Waals surface area contributed by atoms with E-state index in [4.69, 9.17) is 0 Å². The summed E-state index contributed by atoms with van der Waals surface area (Å²) in [7, 11) is 0. The molecule has 3 nitrogen and oxygen atoms in total. The number of hydrogen-bond donors (Lipinski definition) is 1. The molecular weight excluding hydrogens is 304 g/mol. The lowest BCUT2D eigenvalue weighted by Crippen LogP contribution is -2.31. The summed E-state index contributed by atoms with van der Waals surface area (Å²) in [5.41, 5.74) is 1.25. The summed E-state index contributed by atoms with van der Waals surface area (Å²) in [4.78, 5) is 13.9. The van der Waals surface area contributed by atoms with Gasteiger partial charge in [-0.1, -0.05) is 28.1 Å². The van der Waals surface area contributed by atoms with Gasteiger partial charge in [0.1, 0.15) is 0 Å². The van der Waals surface area contributed by atoms with Crippen molar-refractivity contribution < 1.29 is 4.79 Å². The third kappa shape index (κ3) is 4.32. The molecule has 1 heterocycles. The summed E-state index contributed by atoms with van der Waals surface area (Å²) in [6.45, 7) is 4.76. The molecular formula is C15H21BrN2O. The van der Waals surface area contributed by atoms with Crippen LogP contribution < -0.4 is 5.32 Å². The normalized spacial score (nSPS) is 16.6. The van der Waals surface area contributed by atoms with E-state index in [-0.39, 0.29) is 11.9 Å². The summed E-state index contributed by atoms with van der Waals surface area (Å²) in [5, 5.41) is 3.41. The predicted octanol–water partition coefficient (Wildman–Crippen LogP) is 3.11. The molecule has 1 aliphatic rings. The summed E-state index contributed by atoms with van der Waals surface area (Å²) < 4.78 is 1.09. The topological polar surface area (TPSA) is 32.3 Å². The maximum Gasteiger partial charge on any atom is 0.223 e. The van der Waals surface area contributed by atoms with E-state index in [1.807, 2.05) is 17.0 Å². The number of carbonyl (C=O) groups excluding carboxylic acids is 1. The molecule has 4 heteroatoms. The van der Waals surface area contributed by atoms with Crippen molar-refractivity contribution in [2.75, 3.05) is 19.6 Å². The number of hydrogen-bond acceptors (Lipinski definition) is 2. The highest BCUT2D eigenvalue weighted by molar-refractivity contribution is 9.10. The van der Waals surface area contributed by atoms with Gasteiger partial charge < -0.3 is 10.2 Å². The van der Waals surface area contributed by atoms with Crippen LogP contribution in [0.4, 0.5) is 0 Å². The van der Waals surface area contributed by atoms with Gasteiger partial charge in [0.2, 0.25) is 5.91 Å². The zero-order chi connectivity index (χ0) is 13.7. The van der Waals surface area contributed by atoms with Crippen molar-refractivity contribution in [2.45, 2.75) is 32.2 Å². The SMILES string of the molecule is CC(NCCC(=O)N1CCCC1)c1ccc(Br)cc1. The lowest BCUT2D eigenvalue weighted by molar-refractivity contribution is -0.130. The molecule has 1 N–H and O–H groups in total. The van der Waals surface area contributed by atoms with Crippen LogP contribution in [0.1, 0.15) is 37.8 Å². The fraction of sp³-hybridized carbons (Fsp3) is 0.533. The second kappa shape index (κ2) is 7.06. The van der Waals surface area contributed by atoms with Crippen molar-refractivity contribution >= 4 is 21.8 Å². The molecule has 0 spiro atoms. The highest BCUT2D eigenvalue weighted by Crippen LogP contribution is 2.16. The van der Waals surface area contributed by atoms with Crippen LogP contribution >= 0.6 is 15.9 Å². The highest BCUT2D eigenvalue weighted by Gasteiger charge is 2.17. The molecule has 1 aliphatic heterocycles. The second-order valence-corrected chi connectivity index (χ2v) is 5.98. The van der Waals surface area contributed by atoms with Gasteiger partial charge in [-0.2, -0.15) is 0 Å². The van der Waals surface area contributed by atoms with Crippen molar-refractivity contribution in [3.63, 3.8) is 0 Å². The van der Waals surface area contributed by atoms with Crippen LogP contribution in [0.15, 0.2) is 28.7 Å². The van der Waals surface area contributed by atoms with Gasteiger partial charge in [-0.15, -0.1) is 0 Å². The molecule has 2 rings (SSSR count). The number of amides is 1. The Morgan fingerprint density at radius 3 is 2.58 bits per heavy atom. The molecule has 0 saturated carbocycles. The van der Waals surface area contributed by atoms with E-state index < -0.39 is 0 Å². The number of benzene rings is 1. The van der Waals surface area contributed by atoms with Crippen LogP contribution in [-0.2, 0) is 4.79 Å². The van der Waals surface area contributed by atoms with Crippen LogP contribution in [0, 0.1) is 0 Å². The zero-order valence-corrected chi connectivity index (χ0v) is 12.9. The smallest absolute Gasteiger partial charge is 0.223 e. The second-order valence-electron chi connectivity index (χ2n) is 5.07. The molecule has 0 aliphatic carbocycles. The zero-order valence-electron chi connectivity index (χ0n) is 11.4. The van der Waals surface area contributed by atoms with E-state index >= 15 is 0 Å². The molecule has 1 saturated heterocycles. The number of halogens is 1. The van der Waals surface area contributed by atoms with Gasteiger partial charge in [0.15, 0.2) is 0 Å². The lowest BCUT2D eigenvalue weighted by atomic mass is 10.1. The molecule has 1 aromatic rings. The quantitative estimate of drug-likeness (QED) is 0.902. The maximum absolute atomic E-state index is 11.9. The van der Waals surface area contributed by atoms with Gasteiger partial charge in [0.05, 0.1) is 0 Å². The van der Waals surface area contributed by atoms with Crippen LogP contribution in [0.2, 0.25) is 0 Å². The number of rotatable bonds is 5. The first kappa shape index (κ1) is 14.5. The molecule has 19 heavy (non-hydrogen) atoms. The van der Waals surface area contributed by atoms with Gasteiger partial charge in [-0.05, 0) is 37.5 Å². The van der Waals surface area contributed by atoms with Crippen molar-refractivity contribution in [1.82, 2.24) is 10.2 Å². The minimum Gasteiger partial charge on any atom is -0.343 e. The van der Waals surface area contributed by atoms with E-state index in [0.29, 0.717) is 6.42 Å². The van der Waals surface area contributed by atoms with E-state index in [0.717, 1.165) is 36.9 Å². The fourth-order valence-electron chi connectivity index (χ4n) is 2.39. The van der Waals surface area contributed by atoms with Crippen LogP contribution in [0.3, 0.4) is 0 Å². The Hall–Kier alpha value is -0.870. The van der Waals surface area contributed by atoms with E-state index in [9.17, 15) is 4.79 Å². The maximum atomic E-state index is 11.9. The monoisotopic (exact) mass is 324 g/mol. The number of nitrogens with zero attached hydrogens (tertiary/aromatic N) is 1. The van der Waals surface area contributed by atoms with Crippen molar-refractivity contribution in [2.24, 2.45) is 0 Å². The van der Waals surface area contributed by atoms with E-state index in [1.165, 1.54) is 5.56 Å². The Balaban J connectivity index is 1.72. The van der Waals surface area contributed by atoms with Crippen LogP contribution in [0.25, 0.3) is 0 Å². The predicted molar refractivity (Wildman–Crippen MR) is 81.0 cm³/mol. The summed E-state index contributed by atoms with van der Waals surface area (Å²) in [6, 6.07) is 8.57. The number of nitrogens with one attached hydrogen (secondary N) is 1. The van der Waals surface area contributed by atoms with Crippen LogP contribution in [0.5, 0.6) is 0 Å². The molecule has 104 valence electrons. The van der Waals surface area contributed by atoms with Crippen LogP contribution in [-0.4, -0.2) is 30.4 Å². The van der Waals surface area contributed by atoms with Gasteiger partial charge in [-0.25, -0.2) is 0 Å². The molecule has 1 fully saturated rings. The molecule has 1 aromatic carbocycles. The molecule has 1 amide bonds. The minimum atomic E-state index is 0.277. The average molecular weight is 325 g/mol. The first-order valence-electron chi connectivity index (χ1n) is 6.93. The minimum absolute atomic E-state index is 0.277. The average Bonchev–Trinajstić information content (AvgIpc) is 2.93. The third-order valence-electron chi connectivity index (χ3n) is 3.62. The summed E-state index contributed by atoms with van der Waals surface area (Å²) >= 11 is 3.43. The third-order valence-corrected chi connectivity index (χ3v) is 4.15. The van der Waals surface area contributed by atoms with Gasteiger partial charge >= 0.3 is 0 Å². The van der Waals surface area contributed by atoms with Gasteiger partial charge in [0, 0.05) is 36.6 Å². The Bertz CT molecular complexity index is 413. The Kier molecular flexibility index (Phi) is 5.40. The van der Waals surface area contributed by atoms with E-state index in [2.05, 4.69) is 40.3 Å². The first-order valence-corrected chi connectivity index (χ1v) is 7.73. The Morgan fingerprint density at radius 2 is 1.95 bits per heavy atom. The lowest BCUT2D eigenvalue weighted by Gasteiger charge is -2.17. The van der Waals surface area contributed by atoms with Gasteiger partial charge in [0.25, 0.3) is 0 Å². The van der Waals surface area contributed by atoms with Crippen molar-refractivity contribution in [3.8, 4) is 0 Å². The Labute approximate surface area is 123 Å². The molecule has 0 bridgehead atoms. The summed E-state index contributed by atoms with van der Waals surface area (Å²) in [6.07, 6.45) is 2.92. The largest absolute Gasteiger partial charge is 0.343 e. The van der Waals surface area contributed by atoms with Gasteiger partial charge in [-0.3, -0.25) is 4.79 Å². The first-order chi connectivity index (χ1) is 9.16. The van der Waals surface area contributed by atoms with Crippen molar-refractivity contribution in [1.29, 1.82) is 0 Å². The molecule has 0 radical (unpaired) electrons. The molecule has 0 aromatic heterocycles. The number of likely N-dealkylation sites (tertiary alicyclic amines) is 1.